The Morgan fingerprint density at radius 3 is 2.43 bits per heavy atom. The van der Waals surface area contributed by atoms with Gasteiger partial charge in [-0.3, -0.25) is 4.79 Å². The van der Waals surface area contributed by atoms with Crippen molar-refractivity contribution in [3.63, 3.8) is 0 Å². The van der Waals surface area contributed by atoms with Gasteiger partial charge in [0.05, 0.1) is 5.69 Å². The topological polar surface area (TPSA) is 29.1 Å². The molecule has 110 valence electrons. The third-order valence-electron chi connectivity index (χ3n) is 3.16. The lowest BCUT2D eigenvalue weighted by atomic mass is 9.83. The average molecular weight is 350 g/mol. The zero-order chi connectivity index (χ0) is 15.6. The maximum absolute atomic E-state index is 13.8. The van der Waals surface area contributed by atoms with Crippen LogP contribution >= 0.6 is 15.9 Å². The third kappa shape index (κ3) is 3.70. The Hall–Kier alpha value is -1.68. The molecular formula is C17H17BrFNO. The Balaban J connectivity index is 2.33. The van der Waals surface area contributed by atoms with Gasteiger partial charge in [-0.25, -0.2) is 4.39 Å². The van der Waals surface area contributed by atoms with Crippen LogP contribution in [0.5, 0.6) is 0 Å². The minimum Gasteiger partial charge on any atom is -0.319 e. The van der Waals surface area contributed by atoms with Crippen LogP contribution in [0.2, 0.25) is 0 Å². The molecule has 0 aromatic heterocycles. The van der Waals surface area contributed by atoms with Crippen molar-refractivity contribution >= 4 is 27.5 Å². The Bertz CT molecular complexity index is 677. The van der Waals surface area contributed by atoms with E-state index in [2.05, 4.69) is 21.2 Å². The first-order valence-corrected chi connectivity index (χ1v) is 7.44. The second kappa shape index (κ2) is 5.98. The molecule has 2 nitrogen and oxygen atoms in total. The van der Waals surface area contributed by atoms with Crippen molar-refractivity contribution in [3.8, 4) is 0 Å². The summed E-state index contributed by atoms with van der Waals surface area (Å²) < 4.78 is 14.4. The van der Waals surface area contributed by atoms with E-state index in [0.717, 1.165) is 5.56 Å². The zero-order valence-electron chi connectivity index (χ0n) is 12.2. The molecule has 2 rings (SSSR count). The van der Waals surface area contributed by atoms with Crippen LogP contribution < -0.4 is 5.32 Å². The minimum absolute atomic E-state index is 0.161. The molecule has 0 aliphatic carbocycles. The van der Waals surface area contributed by atoms with Crippen LogP contribution in [0.1, 0.15) is 36.7 Å². The molecule has 0 saturated carbocycles. The maximum Gasteiger partial charge on any atom is 0.256 e. The highest BCUT2D eigenvalue weighted by molar-refractivity contribution is 9.10. The number of rotatable bonds is 2. The van der Waals surface area contributed by atoms with E-state index in [9.17, 15) is 9.18 Å². The van der Waals surface area contributed by atoms with Crippen molar-refractivity contribution in [1.29, 1.82) is 0 Å². The van der Waals surface area contributed by atoms with Gasteiger partial charge in [-0.15, -0.1) is 0 Å². The molecule has 0 radical (unpaired) electrons. The van der Waals surface area contributed by atoms with Gasteiger partial charge in [0, 0.05) is 10.0 Å². The first-order chi connectivity index (χ1) is 9.79. The van der Waals surface area contributed by atoms with E-state index in [1.54, 1.807) is 12.1 Å². The van der Waals surface area contributed by atoms with E-state index in [1.807, 2.05) is 39.0 Å². The quantitative estimate of drug-likeness (QED) is 0.799. The van der Waals surface area contributed by atoms with Crippen molar-refractivity contribution < 1.29 is 9.18 Å². The normalized spacial score (nSPS) is 11.3. The van der Waals surface area contributed by atoms with Crippen molar-refractivity contribution in [2.75, 3.05) is 5.32 Å². The molecule has 0 spiro atoms. The molecule has 0 aliphatic heterocycles. The maximum atomic E-state index is 13.8. The lowest BCUT2D eigenvalue weighted by molar-refractivity contribution is 0.102. The van der Waals surface area contributed by atoms with Crippen LogP contribution in [0.4, 0.5) is 10.1 Å². The van der Waals surface area contributed by atoms with Gasteiger partial charge in [0.25, 0.3) is 5.91 Å². The summed E-state index contributed by atoms with van der Waals surface area (Å²) in [6.07, 6.45) is 0. The van der Waals surface area contributed by atoms with E-state index >= 15 is 0 Å². The minimum atomic E-state index is -0.467. The lowest BCUT2D eigenvalue weighted by Crippen LogP contribution is -2.21. The fourth-order valence-electron chi connectivity index (χ4n) is 2.12. The summed E-state index contributed by atoms with van der Waals surface area (Å²) in [5, 5.41) is 2.63. The fraction of sp³-hybridized carbons (Fsp3) is 0.235. The Kier molecular flexibility index (Phi) is 4.47. The second-order valence-electron chi connectivity index (χ2n) is 5.87. The summed E-state index contributed by atoms with van der Waals surface area (Å²) in [4.78, 5) is 12.4. The predicted octanol–water partition coefficient (Wildman–Crippen LogP) is 5.14. The van der Waals surface area contributed by atoms with Gasteiger partial charge in [0.1, 0.15) is 5.82 Å². The number of amides is 1. The number of carbonyl (C=O) groups is 1. The summed E-state index contributed by atoms with van der Waals surface area (Å²) >= 11 is 3.19. The smallest absolute Gasteiger partial charge is 0.256 e. The van der Waals surface area contributed by atoms with Crippen molar-refractivity contribution in [1.82, 2.24) is 0 Å². The van der Waals surface area contributed by atoms with E-state index < -0.39 is 5.82 Å². The lowest BCUT2D eigenvalue weighted by Gasteiger charge is -2.22. The number of halogens is 2. The molecule has 2 aromatic rings. The molecule has 0 fully saturated rings. The third-order valence-corrected chi connectivity index (χ3v) is 3.65. The Labute approximate surface area is 132 Å². The Morgan fingerprint density at radius 1 is 1.14 bits per heavy atom. The molecule has 2 aromatic carbocycles. The van der Waals surface area contributed by atoms with Crippen LogP contribution in [0, 0.1) is 5.82 Å². The highest BCUT2D eigenvalue weighted by atomic mass is 79.9. The second-order valence-corrected chi connectivity index (χ2v) is 6.79. The fourth-order valence-corrected chi connectivity index (χ4v) is 2.45. The van der Waals surface area contributed by atoms with E-state index in [0.29, 0.717) is 10.0 Å². The van der Waals surface area contributed by atoms with E-state index in [-0.39, 0.29) is 17.0 Å². The first kappa shape index (κ1) is 15.7. The van der Waals surface area contributed by atoms with Gasteiger partial charge >= 0.3 is 0 Å². The molecule has 0 unspecified atom stereocenters. The first-order valence-electron chi connectivity index (χ1n) is 6.65. The van der Waals surface area contributed by atoms with Crippen LogP contribution in [0.15, 0.2) is 46.9 Å². The summed E-state index contributed by atoms with van der Waals surface area (Å²) in [7, 11) is 0. The van der Waals surface area contributed by atoms with E-state index in [1.165, 1.54) is 12.1 Å². The summed E-state index contributed by atoms with van der Waals surface area (Å²) in [5.41, 5.74) is 1.51. The number of benzene rings is 2. The molecule has 21 heavy (non-hydrogen) atoms. The Morgan fingerprint density at radius 2 is 1.81 bits per heavy atom. The predicted molar refractivity (Wildman–Crippen MR) is 87.2 cm³/mol. The van der Waals surface area contributed by atoms with Crippen LogP contribution in [0.3, 0.4) is 0 Å². The monoisotopic (exact) mass is 349 g/mol. The SMILES string of the molecule is CC(C)(C)c1ccccc1C(=O)Nc1ccc(Br)cc1F. The van der Waals surface area contributed by atoms with Gasteiger partial charge < -0.3 is 5.32 Å². The van der Waals surface area contributed by atoms with Gasteiger partial charge in [-0.05, 0) is 35.2 Å². The molecule has 0 saturated heterocycles. The molecule has 0 heterocycles. The van der Waals surface area contributed by atoms with Crippen LogP contribution in [-0.4, -0.2) is 5.91 Å². The van der Waals surface area contributed by atoms with Crippen LogP contribution in [-0.2, 0) is 5.41 Å². The highest BCUT2D eigenvalue weighted by Gasteiger charge is 2.21. The van der Waals surface area contributed by atoms with Gasteiger partial charge in [0.2, 0.25) is 0 Å². The zero-order valence-corrected chi connectivity index (χ0v) is 13.8. The number of hydrogen-bond acceptors (Lipinski definition) is 1. The molecular weight excluding hydrogens is 333 g/mol. The molecule has 0 atom stereocenters. The molecule has 1 N–H and O–H groups in total. The van der Waals surface area contributed by atoms with E-state index in [4.69, 9.17) is 0 Å². The largest absolute Gasteiger partial charge is 0.319 e. The van der Waals surface area contributed by atoms with Gasteiger partial charge in [-0.2, -0.15) is 0 Å². The van der Waals surface area contributed by atoms with Gasteiger partial charge in [-0.1, -0.05) is 54.9 Å². The number of nitrogens with one attached hydrogen (secondary N) is 1. The van der Waals surface area contributed by atoms with Crippen molar-refractivity contribution in [3.05, 3.63) is 63.9 Å². The molecule has 0 aliphatic rings. The van der Waals surface area contributed by atoms with Gasteiger partial charge in [0.15, 0.2) is 0 Å². The average Bonchev–Trinajstić information content (AvgIpc) is 2.41. The summed E-state index contributed by atoms with van der Waals surface area (Å²) in [5.74, 6) is -0.771. The highest BCUT2D eigenvalue weighted by Crippen LogP contribution is 2.27. The standard InChI is InChI=1S/C17H17BrFNO/c1-17(2,3)13-7-5-4-6-12(13)16(21)20-15-9-8-11(18)10-14(15)19/h4-10H,1-3H3,(H,20,21). The van der Waals surface area contributed by atoms with Crippen molar-refractivity contribution in [2.45, 2.75) is 26.2 Å². The van der Waals surface area contributed by atoms with Crippen LogP contribution in [0.25, 0.3) is 0 Å². The number of anilines is 1. The van der Waals surface area contributed by atoms with Crippen molar-refractivity contribution in [2.24, 2.45) is 0 Å². The summed E-state index contributed by atoms with van der Waals surface area (Å²) in [6.45, 7) is 6.12. The molecule has 1 amide bonds. The summed E-state index contributed by atoms with van der Waals surface area (Å²) in [6, 6.07) is 11.9. The molecule has 0 bridgehead atoms. The number of hydrogen-bond donors (Lipinski definition) is 1. The number of carbonyl (C=O) groups excluding carboxylic acids is 1. The molecule has 4 heteroatoms.